The lowest BCUT2D eigenvalue weighted by Gasteiger charge is -2.25. The molecule has 0 atom stereocenters. The maximum Gasteiger partial charge on any atom is 0.241 e. The van der Waals surface area contributed by atoms with Gasteiger partial charge in [-0.2, -0.15) is 0 Å². The molecule has 0 spiro atoms. The number of hydrogen-bond donors (Lipinski definition) is 1. The van der Waals surface area contributed by atoms with Crippen molar-refractivity contribution in [3.63, 3.8) is 0 Å². The van der Waals surface area contributed by atoms with E-state index in [1.54, 1.807) is 4.90 Å². The summed E-state index contributed by atoms with van der Waals surface area (Å²) in [5.74, 6) is -4.22. The summed E-state index contributed by atoms with van der Waals surface area (Å²) in [7, 11) is 0. The van der Waals surface area contributed by atoms with E-state index in [1.807, 2.05) is 0 Å². The second kappa shape index (κ2) is 7.33. The van der Waals surface area contributed by atoms with Crippen LogP contribution in [0.4, 0.5) is 18.9 Å². The van der Waals surface area contributed by atoms with Gasteiger partial charge in [0.05, 0.1) is 12.2 Å². The zero-order valence-electron chi connectivity index (χ0n) is 11.8. The summed E-state index contributed by atoms with van der Waals surface area (Å²) in [5.41, 5.74) is -0.200. The van der Waals surface area contributed by atoms with Crippen molar-refractivity contribution in [2.75, 3.05) is 25.0 Å². The molecule has 0 unspecified atom stereocenters. The van der Waals surface area contributed by atoms with E-state index < -0.39 is 17.5 Å². The molecular weight excluding hydrogens is 281 g/mol. The fourth-order valence-electron chi connectivity index (χ4n) is 2.44. The zero-order valence-corrected chi connectivity index (χ0v) is 11.8. The fourth-order valence-corrected chi connectivity index (χ4v) is 2.44. The maximum absolute atomic E-state index is 13.5. The lowest BCUT2D eigenvalue weighted by Crippen LogP contribution is -2.37. The molecule has 2 rings (SSSR count). The van der Waals surface area contributed by atoms with Crippen LogP contribution in [0.15, 0.2) is 12.1 Å². The van der Waals surface area contributed by atoms with E-state index >= 15 is 0 Å². The molecule has 1 amide bonds. The Labute approximate surface area is 122 Å². The van der Waals surface area contributed by atoms with E-state index in [9.17, 15) is 18.0 Å². The number of nitrogens with zero attached hydrogens (tertiary/aromatic N) is 1. The molecule has 1 aromatic rings. The Morgan fingerprint density at radius 2 is 1.62 bits per heavy atom. The van der Waals surface area contributed by atoms with Crippen LogP contribution in [0.25, 0.3) is 0 Å². The molecule has 0 radical (unpaired) electrons. The number of likely N-dealkylation sites (tertiary alicyclic amines) is 1. The summed E-state index contributed by atoms with van der Waals surface area (Å²) < 4.78 is 39.4. The molecule has 1 heterocycles. The predicted octanol–water partition coefficient (Wildman–Crippen LogP) is 3.31. The summed E-state index contributed by atoms with van der Waals surface area (Å²) in [6, 6.07) is 1.93. The Morgan fingerprint density at radius 3 is 2.29 bits per heavy atom. The number of nitrogens with one attached hydrogen (secondary N) is 1. The Morgan fingerprint density at radius 1 is 1.00 bits per heavy atom. The molecule has 1 fully saturated rings. The van der Waals surface area contributed by atoms with Crippen molar-refractivity contribution in [2.45, 2.75) is 32.1 Å². The van der Waals surface area contributed by atoms with Gasteiger partial charge in [-0.05, 0) is 25.0 Å². The van der Waals surface area contributed by atoms with Gasteiger partial charge < -0.3 is 10.2 Å². The van der Waals surface area contributed by atoms with Crippen LogP contribution in [-0.2, 0) is 4.79 Å². The van der Waals surface area contributed by atoms with Gasteiger partial charge in [-0.25, -0.2) is 13.2 Å². The Hall–Kier alpha value is -1.72. The minimum Gasteiger partial charge on any atom is -0.374 e. The van der Waals surface area contributed by atoms with Gasteiger partial charge in [0.15, 0.2) is 17.5 Å². The first-order valence-corrected chi connectivity index (χ1v) is 7.24. The molecule has 21 heavy (non-hydrogen) atoms. The second-order valence-corrected chi connectivity index (χ2v) is 5.23. The van der Waals surface area contributed by atoms with Crippen molar-refractivity contribution in [3.8, 4) is 0 Å². The number of carbonyl (C=O) groups is 1. The molecule has 6 heteroatoms. The summed E-state index contributed by atoms with van der Waals surface area (Å²) in [4.78, 5) is 13.8. The highest BCUT2D eigenvalue weighted by atomic mass is 19.2. The van der Waals surface area contributed by atoms with E-state index in [0.717, 1.165) is 37.8 Å². The van der Waals surface area contributed by atoms with Gasteiger partial charge in [0.2, 0.25) is 5.91 Å². The van der Waals surface area contributed by atoms with Crippen LogP contribution in [0.3, 0.4) is 0 Å². The standard InChI is InChI=1S/C15H19F3N2O/c16-11-6-7-12(15(18)14(11)17)19-10-13(21)20-8-4-2-1-3-5-9-20/h6-7,19H,1-5,8-10H2. The SMILES string of the molecule is O=C(CNc1ccc(F)c(F)c1F)N1CCCCCCC1. The third-order valence-electron chi connectivity index (χ3n) is 3.67. The van der Waals surface area contributed by atoms with Crippen LogP contribution < -0.4 is 5.32 Å². The van der Waals surface area contributed by atoms with Crippen LogP contribution in [0.1, 0.15) is 32.1 Å². The molecule has 0 aliphatic carbocycles. The van der Waals surface area contributed by atoms with Crippen molar-refractivity contribution in [2.24, 2.45) is 0 Å². The van der Waals surface area contributed by atoms with E-state index in [4.69, 9.17) is 0 Å². The second-order valence-electron chi connectivity index (χ2n) is 5.23. The largest absolute Gasteiger partial charge is 0.374 e. The minimum atomic E-state index is -1.53. The zero-order chi connectivity index (χ0) is 15.2. The highest BCUT2D eigenvalue weighted by molar-refractivity contribution is 5.80. The Bertz CT molecular complexity index is 500. The molecule has 3 nitrogen and oxygen atoms in total. The van der Waals surface area contributed by atoms with Gasteiger partial charge in [0.1, 0.15) is 0 Å². The van der Waals surface area contributed by atoms with Gasteiger partial charge in [0.25, 0.3) is 0 Å². The molecule has 0 aromatic heterocycles. The number of hydrogen-bond acceptors (Lipinski definition) is 2. The quantitative estimate of drug-likeness (QED) is 0.869. The van der Waals surface area contributed by atoms with Crippen LogP contribution in [-0.4, -0.2) is 30.4 Å². The van der Waals surface area contributed by atoms with Crippen LogP contribution in [0, 0.1) is 17.5 Å². The molecule has 0 bridgehead atoms. The molecular formula is C15H19F3N2O. The maximum atomic E-state index is 13.5. The normalized spacial score (nSPS) is 16.2. The number of amides is 1. The molecule has 1 aliphatic rings. The molecule has 1 aromatic carbocycles. The minimum absolute atomic E-state index is 0.123. The molecule has 0 saturated carbocycles. The monoisotopic (exact) mass is 300 g/mol. The lowest BCUT2D eigenvalue weighted by molar-refractivity contribution is -0.129. The summed E-state index contributed by atoms with van der Waals surface area (Å²) in [6.07, 6.45) is 5.33. The summed E-state index contributed by atoms with van der Waals surface area (Å²) >= 11 is 0. The number of carbonyl (C=O) groups excluding carboxylic acids is 1. The summed E-state index contributed by atoms with van der Waals surface area (Å²) in [6.45, 7) is 1.27. The van der Waals surface area contributed by atoms with E-state index in [0.29, 0.717) is 13.1 Å². The number of halogens is 3. The van der Waals surface area contributed by atoms with Gasteiger partial charge in [-0.15, -0.1) is 0 Å². The first-order chi connectivity index (χ1) is 10.1. The first-order valence-electron chi connectivity index (χ1n) is 7.24. The Kier molecular flexibility index (Phi) is 5.47. The smallest absolute Gasteiger partial charge is 0.241 e. The Balaban J connectivity index is 1.92. The van der Waals surface area contributed by atoms with Crippen molar-refractivity contribution >= 4 is 11.6 Å². The molecule has 116 valence electrons. The first kappa shape index (κ1) is 15.7. The number of benzene rings is 1. The fraction of sp³-hybridized carbons (Fsp3) is 0.533. The molecule has 1 saturated heterocycles. The van der Waals surface area contributed by atoms with E-state index in [2.05, 4.69) is 5.32 Å². The topological polar surface area (TPSA) is 32.3 Å². The highest BCUT2D eigenvalue weighted by Crippen LogP contribution is 2.19. The molecule has 1 aliphatic heterocycles. The van der Waals surface area contributed by atoms with Crippen LogP contribution in [0.2, 0.25) is 0 Å². The number of rotatable bonds is 3. The van der Waals surface area contributed by atoms with E-state index in [-0.39, 0.29) is 18.1 Å². The van der Waals surface area contributed by atoms with Crippen LogP contribution >= 0.6 is 0 Å². The predicted molar refractivity (Wildman–Crippen MR) is 74.5 cm³/mol. The van der Waals surface area contributed by atoms with Crippen molar-refractivity contribution in [3.05, 3.63) is 29.6 Å². The molecule has 1 N–H and O–H groups in total. The average Bonchev–Trinajstić information content (AvgIpc) is 2.43. The van der Waals surface area contributed by atoms with Crippen LogP contribution in [0.5, 0.6) is 0 Å². The highest BCUT2D eigenvalue weighted by Gasteiger charge is 2.17. The third-order valence-corrected chi connectivity index (χ3v) is 3.67. The van der Waals surface area contributed by atoms with Crippen molar-refractivity contribution in [1.29, 1.82) is 0 Å². The van der Waals surface area contributed by atoms with E-state index in [1.165, 1.54) is 6.42 Å². The third kappa shape index (κ3) is 4.12. The summed E-state index contributed by atoms with van der Waals surface area (Å²) in [5, 5.41) is 2.54. The van der Waals surface area contributed by atoms with Gasteiger partial charge >= 0.3 is 0 Å². The lowest BCUT2D eigenvalue weighted by atomic mass is 10.1. The average molecular weight is 300 g/mol. The van der Waals surface area contributed by atoms with Crippen molar-refractivity contribution in [1.82, 2.24) is 4.90 Å². The van der Waals surface area contributed by atoms with Gasteiger partial charge in [-0.1, -0.05) is 19.3 Å². The number of anilines is 1. The van der Waals surface area contributed by atoms with Gasteiger partial charge in [0, 0.05) is 13.1 Å². The van der Waals surface area contributed by atoms with Crippen molar-refractivity contribution < 1.29 is 18.0 Å². The van der Waals surface area contributed by atoms with Gasteiger partial charge in [-0.3, -0.25) is 4.79 Å².